The highest BCUT2D eigenvalue weighted by atomic mass is 32.1. The third-order valence-electron chi connectivity index (χ3n) is 3.54. The maximum atomic E-state index is 6.17. The average molecular weight is 304 g/mol. The molecular weight excluding hydrogens is 280 g/mol. The van der Waals surface area contributed by atoms with Crippen LogP contribution >= 0.6 is 11.3 Å². The summed E-state index contributed by atoms with van der Waals surface area (Å²) in [5, 5.41) is 0.972. The van der Waals surface area contributed by atoms with Crippen LogP contribution in [0, 0.1) is 27.7 Å². The highest BCUT2D eigenvalue weighted by Crippen LogP contribution is 2.29. The Kier molecular flexibility index (Phi) is 4.40. The molecule has 0 spiro atoms. The molecule has 0 saturated carbocycles. The lowest BCUT2D eigenvalue weighted by Crippen LogP contribution is -2.28. The van der Waals surface area contributed by atoms with Crippen molar-refractivity contribution >= 4 is 11.3 Å². The summed E-state index contributed by atoms with van der Waals surface area (Å²) in [7, 11) is 0. The fourth-order valence-electron chi connectivity index (χ4n) is 2.40. The lowest BCUT2D eigenvalue weighted by atomic mass is 10.0. The first-order chi connectivity index (χ1) is 9.68. The number of nitrogens with two attached hydrogens (primary N) is 1. The zero-order chi connectivity index (χ0) is 15.8. The summed E-state index contributed by atoms with van der Waals surface area (Å²) in [5.74, 6) is 0.939. The number of benzene rings is 1. The van der Waals surface area contributed by atoms with Crippen LogP contribution in [0.25, 0.3) is 0 Å². The summed E-state index contributed by atoms with van der Waals surface area (Å²) in [6.45, 7) is 12.8. The van der Waals surface area contributed by atoms with Crippen molar-refractivity contribution in [1.82, 2.24) is 4.98 Å². The molecule has 0 fully saturated rings. The van der Waals surface area contributed by atoms with Gasteiger partial charge in [0.05, 0.1) is 5.69 Å². The molecule has 0 unspecified atom stereocenters. The maximum Gasteiger partial charge on any atom is 0.140 e. The van der Waals surface area contributed by atoms with E-state index in [1.165, 1.54) is 16.7 Å². The Morgan fingerprint density at radius 3 is 2.43 bits per heavy atom. The van der Waals surface area contributed by atoms with E-state index >= 15 is 0 Å². The van der Waals surface area contributed by atoms with Crippen LogP contribution < -0.4 is 10.5 Å². The van der Waals surface area contributed by atoms with Crippen LogP contribution in [0.15, 0.2) is 12.1 Å². The average Bonchev–Trinajstić information content (AvgIpc) is 2.73. The molecule has 0 aliphatic rings. The standard InChI is InChI=1S/C17H24N2OS/c1-10-7-11(2)12(3)14(8-10)20-9-15-19-13(4)16(21-15)17(5,6)18/h7-8H,9,18H2,1-6H3. The second kappa shape index (κ2) is 5.78. The molecule has 4 heteroatoms. The van der Waals surface area contributed by atoms with E-state index < -0.39 is 0 Å². The molecule has 1 aromatic carbocycles. The van der Waals surface area contributed by atoms with Crippen molar-refractivity contribution < 1.29 is 4.74 Å². The minimum Gasteiger partial charge on any atom is -0.486 e. The van der Waals surface area contributed by atoms with Crippen LogP contribution in [0.5, 0.6) is 5.75 Å². The molecule has 0 atom stereocenters. The molecule has 1 heterocycles. The molecule has 0 aliphatic carbocycles. The van der Waals surface area contributed by atoms with E-state index in [0.717, 1.165) is 21.3 Å². The van der Waals surface area contributed by atoms with Crippen molar-refractivity contribution in [2.24, 2.45) is 5.73 Å². The predicted octanol–water partition coefficient (Wildman–Crippen LogP) is 4.15. The van der Waals surface area contributed by atoms with Crippen molar-refractivity contribution in [3.63, 3.8) is 0 Å². The van der Waals surface area contributed by atoms with Gasteiger partial charge in [-0.05, 0) is 64.3 Å². The SMILES string of the molecule is Cc1cc(C)c(C)c(OCc2nc(C)c(C(C)(C)N)s2)c1. The second-order valence-corrected chi connectivity index (χ2v) is 7.32. The van der Waals surface area contributed by atoms with E-state index in [4.69, 9.17) is 10.5 Å². The summed E-state index contributed by atoms with van der Waals surface area (Å²) in [6.07, 6.45) is 0. The molecule has 0 radical (unpaired) electrons. The molecule has 2 N–H and O–H groups in total. The van der Waals surface area contributed by atoms with Gasteiger partial charge in [0.2, 0.25) is 0 Å². The van der Waals surface area contributed by atoms with Gasteiger partial charge in [0.1, 0.15) is 17.4 Å². The van der Waals surface area contributed by atoms with Crippen molar-refractivity contribution in [2.75, 3.05) is 0 Å². The number of aryl methyl sites for hydroxylation is 3. The zero-order valence-electron chi connectivity index (χ0n) is 13.7. The van der Waals surface area contributed by atoms with E-state index in [-0.39, 0.29) is 5.54 Å². The molecule has 0 amide bonds. The molecule has 114 valence electrons. The third kappa shape index (κ3) is 3.63. The van der Waals surface area contributed by atoms with Crippen LogP contribution in [0.4, 0.5) is 0 Å². The van der Waals surface area contributed by atoms with Gasteiger partial charge in [0, 0.05) is 10.4 Å². The Bertz CT molecular complexity index is 654. The van der Waals surface area contributed by atoms with Gasteiger partial charge in [-0.15, -0.1) is 11.3 Å². The molecule has 3 nitrogen and oxygen atoms in total. The van der Waals surface area contributed by atoms with Gasteiger partial charge in [-0.1, -0.05) is 6.07 Å². The Morgan fingerprint density at radius 1 is 1.19 bits per heavy atom. The maximum absolute atomic E-state index is 6.17. The summed E-state index contributed by atoms with van der Waals surface area (Å²) in [4.78, 5) is 5.70. The van der Waals surface area contributed by atoms with Crippen LogP contribution in [-0.2, 0) is 12.1 Å². The van der Waals surface area contributed by atoms with Gasteiger partial charge >= 0.3 is 0 Å². The monoisotopic (exact) mass is 304 g/mol. The van der Waals surface area contributed by atoms with Crippen LogP contribution in [-0.4, -0.2) is 4.98 Å². The fourth-order valence-corrected chi connectivity index (χ4v) is 3.39. The zero-order valence-corrected chi connectivity index (χ0v) is 14.5. The Labute approximate surface area is 131 Å². The largest absolute Gasteiger partial charge is 0.486 e. The Balaban J connectivity index is 2.18. The van der Waals surface area contributed by atoms with E-state index in [1.54, 1.807) is 11.3 Å². The minimum absolute atomic E-state index is 0.351. The molecule has 2 aromatic rings. The van der Waals surface area contributed by atoms with Crippen molar-refractivity contribution in [2.45, 2.75) is 53.7 Å². The molecule has 0 aliphatic heterocycles. The summed E-state index contributed by atoms with van der Waals surface area (Å²) in [6, 6.07) is 4.25. The summed E-state index contributed by atoms with van der Waals surface area (Å²) >= 11 is 1.64. The third-order valence-corrected chi connectivity index (χ3v) is 5.01. The quantitative estimate of drug-likeness (QED) is 0.923. The van der Waals surface area contributed by atoms with Crippen molar-refractivity contribution in [3.8, 4) is 5.75 Å². The minimum atomic E-state index is -0.351. The van der Waals surface area contributed by atoms with E-state index in [2.05, 4.69) is 37.9 Å². The van der Waals surface area contributed by atoms with Gasteiger partial charge in [-0.3, -0.25) is 0 Å². The number of ether oxygens (including phenoxy) is 1. The number of hydrogen-bond acceptors (Lipinski definition) is 4. The normalized spacial score (nSPS) is 11.8. The number of nitrogens with zero attached hydrogens (tertiary/aromatic N) is 1. The Hall–Kier alpha value is -1.39. The number of thiazole rings is 1. The number of hydrogen-bond donors (Lipinski definition) is 1. The van der Waals surface area contributed by atoms with Gasteiger partial charge in [0.15, 0.2) is 0 Å². The van der Waals surface area contributed by atoms with Gasteiger partial charge < -0.3 is 10.5 Å². The number of aromatic nitrogens is 1. The number of rotatable bonds is 4. The van der Waals surface area contributed by atoms with Crippen LogP contribution in [0.2, 0.25) is 0 Å². The molecular formula is C17H24N2OS. The van der Waals surface area contributed by atoms with E-state index in [0.29, 0.717) is 6.61 Å². The predicted molar refractivity (Wildman–Crippen MR) is 89.0 cm³/mol. The van der Waals surface area contributed by atoms with Gasteiger partial charge in [-0.25, -0.2) is 4.98 Å². The van der Waals surface area contributed by atoms with Crippen molar-refractivity contribution in [3.05, 3.63) is 44.4 Å². The molecule has 21 heavy (non-hydrogen) atoms. The van der Waals surface area contributed by atoms with Gasteiger partial charge in [-0.2, -0.15) is 0 Å². The van der Waals surface area contributed by atoms with E-state index in [1.807, 2.05) is 20.8 Å². The van der Waals surface area contributed by atoms with Crippen LogP contribution in [0.1, 0.15) is 46.1 Å². The molecule has 0 bridgehead atoms. The van der Waals surface area contributed by atoms with Gasteiger partial charge in [0.25, 0.3) is 0 Å². The Morgan fingerprint density at radius 2 is 1.86 bits per heavy atom. The second-order valence-electron chi connectivity index (χ2n) is 6.24. The fraction of sp³-hybridized carbons (Fsp3) is 0.471. The molecule has 1 aromatic heterocycles. The lowest BCUT2D eigenvalue weighted by Gasteiger charge is -2.16. The summed E-state index contributed by atoms with van der Waals surface area (Å²) < 4.78 is 5.97. The first-order valence-corrected chi connectivity index (χ1v) is 7.96. The molecule has 0 saturated heterocycles. The first-order valence-electron chi connectivity index (χ1n) is 7.15. The van der Waals surface area contributed by atoms with Crippen LogP contribution in [0.3, 0.4) is 0 Å². The highest BCUT2D eigenvalue weighted by Gasteiger charge is 2.21. The van der Waals surface area contributed by atoms with E-state index in [9.17, 15) is 0 Å². The van der Waals surface area contributed by atoms with Crippen molar-refractivity contribution in [1.29, 1.82) is 0 Å². The molecule has 2 rings (SSSR count). The topological polar surface area (TPSA) is 48.1 Å². The lowest BCUT2D eigenvalue weighted by molar-refractivity contribution is 0.303. The first kappa shape index (κ1) is 16.0. The highest BCUT2D eigenvalue weighted by molar-refractivity contribution is 7.11. The summed E-state index contributed by atoms with van der Waals surface area (Å²) in [5.41, 5.74) is 10.5. The smallest absolute Gasteiger partial charge is 0.140 e.